The molecule has 0 amide bonds. The average Bonchev–Trinajstić information content (AvgIpc) is 2.20. The van der Waals surface area contributed by atoms with E-state index in [4.69, 9.17) is 11.5 Å². The first kappa shape index (κ1) is 11.9. The van der Waals surface area contributed by atoms with E-state index in [1.165, 1.54) is 10.5 Å². The van der Waals surface area contributed by atoms with Crippen molar-refractivity contribution in [3.63, 3.8) is 0 Å². The fourth-order valence-electron chi connectivity index (χ4n) is 1.23. The molecule has 0 aromatic heterocycles. The van der Waals surface area contributed by atoms with Crippen LogP contribution in [-0.4, -0.2) is 18.3 Å². The summed E-state index contributed by atoms with van der Waals surface area (Å²) in [5.41, 5.74) is 11.8. The van der Waals surface area contributed by atoms with Gasteiger partial charge in [0.15, 0.2) is 5.96 Å². The van der Waals surface area contributed by atoms with Crippen molar-refractivity contribution in [2.24, 2.45) is 16.5 Å². The van der Waals surface area contributed by atoms with Crippen molar-refractivity contribution in [3.8, 4) is 0 Å². The maximum Gasteiger partial charge on any atom is 0.185 e. The number of thioether (sulfide) groups is 1. The van der Waals surface area contributed by atoms with Gasteiger partial charge in [0.2, 0.25) is 0 Å². The van der Waals surface area contributed by atoms with Gasteiger partial charge in [0, 0.05) is 11.4 Å². The third-order valence-electron chi connectivity index (χ3n) is 1.93. The minimum Gasteiger partial charge on any atom is -0.370 e. The van der Waals surface area contributed by atoms with Crippen LogP contribution in [0.2, 0.25) is 0 Å². The molecule has 82 valence electrons. The van der Waals surface area contributed by atoms with E-state index < -0.39 is 0 Å². The zero-order valence-electron chi connectivity index (χ0n) is 8.94. The molecule has 0 aliphatic carbocycles. The summed E-state index contributed by atoms with van der Waals surface area (Å²) >= 11 is 1.85. The summed E-state index contributed by atoms with van der Waals surface area (Å²) in [4.78, 5) is 5.25. The van der Waals surface area contributed by atoms with E-state index in [1.54, 1.807) is 0 Å². The molecule has 0 radical (unpaired) electrons. The minimum atomic E-state index is 0.160. The molecule has 1 rings (SSSR count). The molecule has 0 aliphatic rings. The second-order valence-electron chi connectivity index (χ2n) is 3.13. The number of hydrogen-bond donors (Lipinski definition) is 2. The molecule has 1 aromatic rings. The van der Waals surface area contributed by atoms with Gasteiger partial charge in [-0.2, -0.15) is 0 Å². The van der Waals surface area contributed by atoms with Gasteiger partial charge in [0.1, 0.15) is 0 Å². The molecule has 0 saturated heterocycles. The number of aliphatic imine (C=N–C) groups is 1. The molecular formula is C11H17N3S. The summed E-state index contributed by atoms with van der Waals surface area (Å²) in [6.45, 7) is 2.81. The van der Waals surface area contributed by atoms with Crippen molar-refractivity contribution in [1.29, 1.82) is 0 Å². The average molecular weight is 223 g/mol. The Bertz CT molecular complexity index is 315. The number of nitrogens with two attached hydrogens (primary N) is 2. The minimum absolute atomic E-state index is 0.160. The van der Waals surface area contributed by atoms with E-state index in [9.17, 15) is 0 Å². The Morgan fingerprint density at radius 2 is 1.93 bits per heavy atom. The molecule has 15 heavy (non-hydrogen) atoms. The predicted molar refractivity (Wildman–Crippen MR) is 67.2 cm³/mol. The van der Waals surface area contributed by atoms with Crippen molar-refractivity contribution in [2.75, 3.05) is 12.3 Å². The van der Waals surface area contributed by atoms with Gasteiger partial charge in [-0.1, -0.05) is 19.1 Å². The maximum absolute atomic E-state index is 5.24. The Kier molecular flexibility index (Phi) is 5.04. The second kappa shape index (κ2) is 6.35. The fourth-order valence-corrected chi connectivity index (χ4v) is 1.89. The van der Waals surface area contributed by atoms with Crippen molar-refractivity contribution in [3.05, 3.63) is 29.8 Å². The lowest BCUT2D eigenvalue weighted by atomic mass is 10.1. The summed E-state index contributed by atoms with van der Waals surface area (Å²) in [6, 6.07) is 8.53. The molecule has 0 spiro atoms. The Morgan fingerprint density at radius 1 is 1.27 bits per heavy atom. The molecule has 3 nitrogen and oxygen atoms in total. The van der Waals surface area contributed by atoms with Crippen molar-refractivity contribution >= 4 is 17.7 Å². The van der Waals surface area contributed by atoms with Gasteiger partial charge in [0.25, 0.3) is 0 Å². The van der Waals surface area contributed by atoms with Crippen molar-refractivity contribution < 1.29 is 0 Å². The lowest BCUT2D eigenvalue weighted by Gasteiger charge is -2.01. The summed E-state index contributed by atoms with van der Waals surface area (Å²) in [5.74, 6) is 1.26. The summed E-state index contributed by atoms with van der Waals surface area (Å²) in [6.07, 6.45) is 0.884. The number of hydrogen-bond acceptors (Lipinski definition) is 2. The SMILES string of the molecule is CCSc1ccc(CCN=C(N)N)cc1. The zero-order chi connectivity index (χ0) is 11.1. The van der Waals surface area contributed by atoms with Crippen LogP contribution in [0.3, 0.4) is 0 Å². The predicted octanol–water partition coefficient (Wildman–Crippen LogP) is 1.61. The smallest absolute Gasteiger partial charge is 0.185 e. The van der Waals surface area contributed by atoms with E-state index in [0.717, 1.165) is 12.2 Å². The van der Waals surface area contributed by atoms with E-state index >= 15 is 0 Å². The number of guanidine groups is 1. The Balaban J connectivity index is 2.46. The monoisotopic (exact) mass is 223 g/mol. The molecular weight excluding hydrogens is 206 g/mol. The van der Waals surface area contributed by atoms with Crippen LogP contribution in [0.25, 0.3) is 0 Å². The molecule has 0 saturated carbocycles. The quantitative estimate of drug-likeness (QED) is 0.453. The number of rotatable bonds is 5. The molecule has 0 aliphatic heterocycles. The third kappa shape index (κ3) is 4.74. The van der Waals surface area contributed by atoms with Crippen LogP contribution in [0, 0.1) is 0 Å². The normalized spacial score (nSPS) is 9.93. The van der Waals surface area contributed by atoms with Crippen LogP contribution in [0.4, 0.5) is 0 Å². The second-order valence-corrected chi connectivity index (χ2v) is 4.47. The first-order valence-corrected chi connectivity index (χ1v) is 5.98. The molecule has 0 atom stereocenters. The van der Waals surface area contributed by atoms with E-state index in [-0.39, 0.29) is 5.96 Å². The van der Waals surface area contributed by atoms with E-state index in [0.29, 0.717) is 6.54 Å². The van der Waals surface area contributed by atoms with E-state index in [1.807, 2.05) is 11.8 Å². The topological polar surface area (TPSA) is 64.4 Å². The maximum atomic E-state index is 5.24. The first-order chi connectivity index (χ1) is 7.22. The van der Waals surface area contributed by atoms with Gasteiger partial charge in [-0.15, -0.1) is 11.8 Å². The van der Waals surface area contributed by atoms with Gasteiger partial charge in [-0.05, 0) is 29.9 Å². The standard InChI is InChI=1S/C11H17N3S/c1-2-15-10-5-3-9(4-6-10)7-8-14-11(12)13/h3-6H,2,7-8H2,1H3,(H4,12,13,14). The summed E-state index contributed by atoms with van der Waals surface area (Å²) in [5, 5.41) is 0. The van der Waals surface area contributed by atoms with Gasteiger partial charge in [-0.3, -0.25) is 4.99 Å². The summed E-state index contributed by atoms with van der Waals surface area (Å²) < 4.78 is 0. The van der Waals surface area contributed by atoms with Gasteiger partial charge >= 0.3 is 0 Å². The van der Waals surface area contributed by atoms with Crippen LogP contribution in [0.5, 0.6) is 0 Å². The highest BCUT2D eigenvalue weighted by Gasteiger charge is 1.94. The van der Waals surface area contributed by atoms with Crippen LogP contribution >= 0.6 is 11.8 Å². The molecule has 4 heteroatoms. The summed E-state index contributed by atoms with van der Waals surface area (Å²) in [7, 11) is 0. The highest BCUT2D eigenvalue weighted by Crippen LogP contribution is 2.17. The lowest BCUT2D eigenvalue weighted by molar-refractivity contribution is 0.960. The first-order valence-electron chi connectivity index (χ1n) is 4.99. The van der Waals surface area contributed by atoms with E-state index in [2.05, 4.69) is 36.2 Å². The van der Waals surface area contributed by atoms with Crippen LogP contribution < -0.4 is 11.5 Å². The molecule has 0 bridgehead atoms. The zero-order valence-corrected chi connectivity index (χ0v) is 9.76. The lowest BCUT2D eigenvalue weighted by Crippen LogP contribution is -2.23. The van der Waals surface area contributed by atoms with Crippen molar-refractivity contribution in [1.82, 2.24) is 0 Å². The molecule has 0 heterocycles. The fraction of sp³-hybridized carbons (Fsp3) is 0.364. The highest BCUT2D eigenvalue weighted by atomic mass is 32.2. The largest absolute Gasteiger partial charge is 0.370 e. The Hall–Kier alpha value is -1.16. The Labute approximate surface area is 95.0 Å². The van der Waals surface area contributed by atoms with Crippen LogP contribution in [0.1, 0.15) is 12.5 Å². The van der Waals surface area contributed by atoms with Crippen LogP contribution in [-0.2, 0) is 6.42 Å². The molecule has 0 unspecified atom stereocenters. The molecule has 1 aromatic carbocycles. The molecule has 4 N–H and O–H groups in total. The van der Waals surface area contributed by atoms with Gasteiger partial charge < -0.3 is 11.5 Å². The van der Waals surface area contributed by atoms with Gasteiger partial charge in [0.05, 0.1) is 0 Å². The Morgan fingerprint density at radius 3 is 2.47 bits per heavy atom. The van der Waals surface area contributed by atoms with Crippen molar-refractivity contribution in [2.45, 2.75) is 18.2 Å². The number of nitrogens with zero attached hydrogens (tertiary/aromatic N) is 1. The molecule has 0 fully saturated rings. The third-order valence-corrected chi connectivity index (χ3v) is 2.82. The highest BCUT2D eigenvalue weighted by molar-refractivity contribution is 7.99. The van der Waals surface area contributed by atoms with Crippen LogP contribution in [0.15, 0.2) is 34.2 Å². The number of benzene rings is 1. The van der Waals surface area contributed by atoms with Gasteiger partial charge in [-0.25, -0.2) is 0 Å².